The lowest BCUT2D eigenvalue weighted by atomic mass is 10.3. The van der Waals surface area contributed by atoms with Gasteiger partial charge in [-0.05, 0) is 0 Å². The minimum atomic E-state index is 0.141. The monoisotopic (exact) mass is 273 g/mol. The first kappa shape index (κ1) is 13.6. The maximum absolute atomic E-state index is 12.2. The molecule has 2 heterocycles. The molecule has 2 rings (SSSR count). The topological polar surface area (TPSA) is 36.0 Å². The lowest BCUT2D eigenvalue weighted by Crippen LogP contribution is -2.54. The van der Waals surface area contributed by atoms with E-state index in [0.717, 1.165) is 26.2 Å². The largest absolute Gasteiger partial charge is 0.378 e. The number of nitrogens with zero attached hydrogens (tertiary/aromatic N) is 3. The Morgan fingerprint density at radius 2 is 1.61 bits per heavy atom. The van der Waals surface area contributed by atoms with E-state index in [1.54, 1.807) is 0 Å². The van der Waals surface area contributed by atoms with Gasteiger partial charge in [-0.25, -0.2) is 4.79 Å². The number of carbonyl (C=O) groups excluding carboxylic acids is 1. The molecule has 0 N–H and O–H groups in total. The third kappa shape index (κ3) is 3.60. The quantitative estimate of drug-likeness (QED) is 0.747. The zero-order valence-corrected chi connectivity index (χ0v) is 11.4. The molecule has 0 aromatic rings. The molecule has 0 aromatic heterocycles. The number of carbonyl (C=O) groups is 1. The van der Waals surface area contributed by atoms with Gasteiger partial charge in [0, 0.05) is 50.8 Å². The van der Waals surface area contributed by atoms with E-state index < -0.39 is 0 Å². The molecule has 5 nitrogen and oxygen atoms in total. The highest BCUT2D eigenvalue weighted by Gasteiger charge is 2.26. The van der Waals surface area contributed by atoms with Gasteiger partial charge in [0.25, 0.3) is 0 Å². The lowest BCUT2D eigenvalue weighted by molar-refractivity contribution is 0.0382. The SMILES string of the molecule is C=C(Cl)CN1CCN(C(=O)N2CCOCC2)CC1. The molecule has 2 amide bonds. The predicted molar refractivity (Wildman–Crippen MR) is 70.8 cm³/mol. The van der Waals surface area contributed by atoms with Crippen LogP contribution in [0.4, 0.5) is 4.79 Å². The Labute approximate surface area is 113 Å². The molecule has 2 fully saturated rings. The van der Waals surface area contributed by atoms with Gasteiger partial charge in [-0.2, -0.15) is 0 Å². The summed E-state index contributed by atoms with van der Waals surface area (Å²) in [6.45, 7) is 10.4. The van der Waals surface area contributed by atoms with Gasteiger partial charge >= 0.3 is 6.03 Å². The van der Waals surface area contributed by atoms with E-state index in [9.17, 15) is 4.79 Å². The molecule has 2 aliphatic heterocycles. The van der Waals surface area contributed by atoms with Gasteiger partial charge in [0.15, 0.2) is 0 Å². The third-order valence-corrected chi connectivity index (χ3v) is 3.44. The standard InChI is InChI=1S/C12H20ClN3O2/c1-11(13)10-14-2-4-15(5-3-14)12(17)16-6-8-18-9-7-16/h1-10H2. The van der Waals surface area contributed by atoms with Crippen LogP contribution in [-0.4, -0.2) is 79.8 Å². The van der Waals surface area contributed by atoms with Crippen LogP contribution in [-0.2, 0) is 4.74 Å². The summed E-state index contributed by atoms with van der Waals surface area (Å²) < 4.78 is 5.25. The molecular formula is C12H20ClN3O2. The van der Waals surface area contributed by atoms with Crippen molar-refractivity contribution in [3.8, 4) is 0 Å². The summed E-state index contributed by atoms with van der Waals surface area (Å²) in [4.78, 5) is 18.2. The summed E-state index contributed by atoms with van der Waals surface area (Å²) in [5.74, 6) is 0. The average Bonchev–Trinajstić information content (AvgIpc) is 2.39. The van der Waals surface area contributed by atoms with Crippen LogP contribution in [0.3, 0.4) is 0 Å². The maximum atomic E-state index is 12.2. The zero-order valence-electron chi connectivity index (χ0n) is 10.6. The first-order chi connectivity index (χ1) is 8.66. The fourth-order valence-corrected chi connectivity index (χ4v) is 2.46. The van der Waals surface area contributed by atoms with Gasteiger partial charge < -0.3 is 14.5 Å². The second-order valence-electron chi connectivity index (χ2n) is 4.66. The molecular weight excluding hydrogens is 254 g/mol. The van der Waals surface area contributed by atoms with Crippen molar-refractivity contribution >= 4 is 17.6 Å². The highest BCUT2D eigenvalue weighted by atomic mass is 35.5. The highest BCUT2D eigenvalue weighted by molar-refractivity contribution is 6.29. The van der Waals surface area contributed by atoms with Gasteiger partial charge in [-0.15, -0.1) is 0 Å². The molecule has 2 aliphatic rings. The molecule has 0 aromatic carbocycles. The van der Waals surface area contributed by atoms with Crippen molar-refractivity contribution in [1.29, 1.82) is 0 Å². The van der Waals surface area contributed by atoms with E-state index >= 15 is 0 Å². The summed E-state index contributed by atoms with van der Waals surface area (Å²) in [5, 5.41) is 0.656. The van der Waals surface area contributed by atoms with Crippen molar-refractivity contribution in [3.05, 3.63) is 11.6 Å². The summed E-state index contributed by atoms with van der Waals surface area (Å²) in [7, 11) is 0. The Morgan fingerprint density at radius 1 is 1.06 bits per heavy atom. The van der Waals surface area contributed by atoms with Crippen molar-refractivity contribution in [2.24, 2.45) is 0 Å². The number of hydrogen-bond donors (Lipinski definition) is 0. The fraction of sp³-hybridized carbons (Fsp3) is 0.750. The van der Waals surface area contributed by atoms with E-state index in [1.165, 1.54) is 0 Å². The lowest BCUT2D eigenvalue weighted by Gasteiger charge is -2.38. The summed E-state index contributed by atoms with van der Waals surface area (Å²) in [6.07, 6.45) is 0. The Morgan fingerprint density at radius 3 is 2.17 bits per heavy atom. The second-order valence-corrected chi connectivity index (χ2v) is 5.20. The molecule has 0 radical (unpaired) electrons. The second kappa shape index (κ2) is 6.41. The fourth-order valence-electron chi connectivity index (χ4n) is 2.29. The number of urea groups is 1. The van der Waals surface area contributed by atoms with Crippen molar-refractivity contribution in [2.75, 3.05) is 59.0 Å². The summed E-state index contributed by atoms with van der Waals surface area (Å²) in [5.41, 5.74) is 0. The first-order valence-electron chi connectivity index (χ1n) is 6.34. The number of morpholine rings is 1. The van der Waals surface area contributed by atoms with Gasteiger partial charge in [0.2, 0.25) is 0 Å². The minimum Gasteiger partial charge on any atom is -0.378 e. The van der Waals surface area contributed by atoms with Crippen LogP contribution in [0.25, 0.3) is 0 Å². The number of halogens is 1. The molecule has 2 saturated heterocycles. The van der Waals surface area contributed by atoms with Gasteiger partial charge in [0.1, 0.15) is 0 Å². The molecule has 6 heteroatoms. The zero-order chi connectivity index (χ0) is 13.0. The van der Waals surface area contributed by atoms with E-state index in [0.29, 0.717) is 37.9 Å². The predicted octanol–water partition coefficient (Wildman–Crippen LogP) is 0.809. The van der Waals surface area contributed by atoms with Crippen molar-refractivity contribution in [1.82, 2.24) is 14.7 Å². The smallest absolute Gasteiger partial charge is 0.320 e. The number of piperazine rings is 1. The normalized spacial score (nSPS) is 22.1. The third-order valence-electron chi connectivity index (χ3n) is 3.32. The van der Waals surface area contributed by atoms with E-state index in [2.05, 4.69) is 11.5 Å². The van der Waals surface area contributed by atoms with Crippen LogP contribution in [0.5, 0.6) is 0 Å². The molecule has 0 spiro atoms. The number of amides is 2. The van der Waals surface area contributed by atoms with Gasteiger partial charge in [-0.1, -0.05) is 18.2 Å². The number of rotatable bonds is 2. The summed E-state index contributed by atoms with van der Waals surface area (Å²) >= 11 is 5.79. The molecule has 0 atom stereocenters. The average molecular weight is 274 g/mol. The maximum Gasteiger partial charge on any atom is 0.320 e. The van der Waals surface area contributed by atoms with Crippen molar-refractivity contribution in [3.63, 3.8) is 0 Å². The summed E-state index contributed by atoms with van der Waals surface area (Å²) in [6, 6.07) is 0.141. The molecule has 0 aliphatic carbocycles. The molecule has 0 bridgehead atoms. The van der Waals surface area contributed by atoms with Crippen LogP contribution in [0.2, 0.25) is 0 Å². The van der Waals surface area contributed by atoms with E-state index in [-0.39, 0.29) is 6.03 Å². The number of ether oxygens (including phenoxy) is 1. The Kier molecular flexibility index (Phi) is 4.86. The van der Waals surface area contributed by atoms with Crippen LogP contribution in [0.1, 0.15) is 0 Å². The first-order valence-corrected chi connectivity index (χ1v) is 6.72. The van der Waals surface area contributed by atoms with E-state index in [1.807, 2.05) is 9.80 Å². The minimum absolute atomic E-state index is 0.141. The van der Waals surface area contributed by atoms with Crippen LogP contribution < -0.4 is 0 Å². The Bertz CT molecular complexity index is 310. The molecule has 0 unspecified atom stereocenters. The Hall–Kier alpha value is -0.780. The highest BCUT2D eigenvalue weighted by Crippen LogP contribution is 2.09. The molecule has 18 heavy (non-hydrogen) atoms. The van der Waals surface area contributed by atoms with E-state index in [4.69, 9.17) is 16.3 Å². The van der Waals surface area contributed by atoms with Crippen LogP contribution >= 0.6 is 11.6 Å². The number of hydrogen-bond acceptors (Lipinski definition) is 3. The molecule has 0 saturated carbocycles. The van der Waals surface area contributed by atoms with Gasteiger partial charge in [-0.3, -0.25) is 4.90 Å². The van der Waals surface area contributed by atoms with Crippen molar-refractivity contribution < 1.29 is 9.53 Å². The van der Waals surface area contributed by atoms with Gasteiger partial charge in [0.05, 0.1) is 13.2 Å². The molecule has 102 valence electrons. The Balaban J connectivity index is 1.78. The van der Waals surface area contributed by atoms with Crippen LogP contribution in [0.15, 0.2) is 11.6 Å². The van der Waals surface area contributed by atoms with Crippen molar-refractivity contribution in [2.45, 2.75) is 0 Å². The van der Waals surface area contributed by atoms with Crippen LogP contribution in [0, 0.1) is 0 Å².